The third-order valence-corrected chi connectivity index (χ3v) is 22.2. The van der Waals surface area contributed by atoms with Gasteiger partial charge in [-0.1, -0.05) is 80.3 Å². The molecule has 9 aromatic rings. The lowest BCUT2D eigenvalue weighted by molar-refractivity contribution is -0.176. The maximum atomic E-state index is 14.6. The van der Waals surface area contributed by atoms with Gasteiger partial charge in [-0.15, -0.1) is 0 Å². The average Bonchev–Trinajstić information content (AvgIpc) is 1.66. The summed E-state index contributed by atoms with van der Waals surface area (Å²) < 4.78 is 150. The van der Waals surface area contributed by atoms with Crippen LogP contribution in [0.25, 0.3) is 44.2 Å². The van der Waals surface area contributed by atoms with Crippen molar-refractivity contribution in [2.45, 2.75) is 124 Å². The number of anilines is 3. The minimum atomic E-state index is -2.92. The van der Waals surface area contributed by atoms with Crippen molar-refractivity contribution in [3.8, 4) is 0 Å². The van der Waals surface area contributed by atoms with Gasteiger partial charge in [-0.3, -0.25) is 42.8 Å². The van der Waals surface area contributed by atoms with E-state index < -0.39 is 82.3 Å². The molecule has 34 heteroatoms. The van der Waals surface area contributed by atoms with Crippen LogP contribution in [0.15, 0.2) is 134 Å². The Morgan fingerprint density at radius 1 is 0.533 bits per heavy atom. The van der Waals surface area contributed by atoms with E-state index in [0.29, 0.717) is 84.1 Å². The van der Waals surface area contributed by atoms with Gasteiger partial charge in [0.15, 0.2) is 0 Å². The standard InChI is InChI=1S/C22H21F3N4O2S.C22H21F3N4OS.C17H14BrF3N4O.C11H19BO2S.CH4.H2O2/c1-12(14-4-3-5-15(18(14)23)19(24)25)28-20-17-10-16(13-6-8-32(31)9-7-13)22(30)29(2)21(17)27-11-26-20;1-12(14-4-3-5-15(18(14)23)19(24)25)28-20-17-10-16(13-6-8-31-9-7-13)22(30)29(2)21(17)27-11-26-20;1-8(9-4-3-5-10(13(9)19)14(20)21)24-15-11-6-12(18)17(26)25(2)16(11)23-7-22-15;1-10(2)11(3,4)14-12(13-10)9-5-7-15-8-6-9;;1-2/h3-6,10-12,19H,7-9H2,1-2H3,(H,26,27,28);3-6,10-12,19H,7-9H2,1-2H3,(H,26,27,28);3-8,14H,1-2H3,(H,22,23,24);5H,6-8H2,1-4H3;1H4;1-2H/t12-,32?;12-;8-;;;/m111.../s1. The summed E-state index contributed by atoms with van der Waals surface area (Å²) in [6.45, 7) is 13.4. The molecular formula is C73H81BBrF9N12O8S3. The number of nitrogens with one attached hydrogen (secondary N) is 3. The fourth-order valence-electron chi connectivity index (χ4n) is 12.0. The van der Waals surface area contributed by atoms with Crippen LogP contribution in [0, 0.1) is 17.5 Å². The number of thioether (sulfide) groups is 2. The molecule has 4 aliphatic heterocycles. The van der Waals surface area contributed by atoms with Gasteiger partial charge in [-0.2, -0.15) is 23.5 Å². The smallest absolute Gasteiger partial charge is 0.400 e. The second-order valence-corrected chi connectivity index (χ2v) is 30.6. The molecule has 1 unspecified atom stereocenters. The van der Waals surface area contributed by atoms with Gasteiger partial charge < -0.3 is 25.3 Å². The Balaban J connectivity index is 0.000000183. The van der Waals surface area contributed by atoms with Crippen LogP contribution in [0.5, 0.6) is 0 Å². The van der Waals surface area contributed by atoms with Gasteiger partial charge >= 0.3 is 7.12 Å². The van der Waals surface area contributed by atoms with Crippen LogP contribution in [-0.4, -0.2) is 111 Å². The lowest BCUT2D eigenvalue weighted by Gasteiger charge is -2.32. The van der Waals surface area contributed by atoms with E-state index in [0.717, 1.165) is 59.4 Å². The van der Waals surface area contributed by atoms with Crippen molar-refractivity contribution in [1.82, 2.24) is 43.6 Å². The molecule has 0 aliphatic carbocycles. The number of pyridine rings is 3. The van der Waals surface area contributed by atoms with Crippen molar-refractivity contribution >= 4 is 119 Å². The summed E-state index contributed by atoms with van der Waals surface area (Å²) in [7, 11) is 3.78. The van der Waals surface area contributed by atoms with Crippen LogP contribution in [0.3, 0.4) is 0 Å². The third kappa shape index (κ3) is 19.1. The van der Waals surface area contributed by atoms with E-state index in [1.165, 1.54) is 80.3 Å². The molecule has 13 rings (SSSR count). The average molecular weight is 1610 g/mol. The fraction of sp³-hybridized carbons (Fsp3) is 0.384. The third-order valence-electron chi connectivity index (χ3n) is 18.6. The number of hydrogen-bond donors (Lipinski definition) is 5. The Kier molecular flexibility index (Phi) is 29.0. The topological polar surface area (TPSA) is 255 Å². The molecule has 1 fully saturated rings. The predicted octanol–water partition coefficient (Wildman–Crippen LogP) is 16.9. The minimum absolute atomic E-state index is 0. The van der Waals surface area contributed by atoms with Crippen molar-refractivity contribution in [3.63, 3.8) is 0 Å². The van der Waals surface area contributed by atoms with Crippen molar-refractivity contribution < 1.29 is 63.5 Å². The van der Waals surface area contributed by atoms with Crippen LogP contribution >= 0.6 is 39.5 Å². The second kappa shape index (κ2) is 36.8. The zero-order chi connectivity index (χ0) is 77.2. The molecule has 4 aliphatic rings. The van der Waals surface area contributed by atoms with E-state index in [1.807, 2.05) is 29.6 Å². The number of aryl methyl sites for hydroxylation is 3. The first kappa shape index (κ1) is 84.4. The van der Waals surface area contributed by atoms with E-state index in [-0.39, 0.29) is 59.1 Å². The first-order chi connectivity index (χ1) is 50.4. The zero-order valence-electron chi connectivity index (χ0n) is 59.2. The summed E-state index contributed by atoms with van der Waals surface area (Å²) in [6.07, 6.45) is 3.71. The van der Waals surface area contributed by atoms with Crippen molar-refractivity contribution in [2.75, 3.05) is 50.5 Å². The zero-order valence-corrected chi connectivity index (χ0v) is 63.2. The van der Waals surface area contributed by atoms with Crippen LogP contribution in [-0.2, 0) is 41.3 Å². The Hall–Kier alpha value is -8.25. The van der Waals surface area contributed by atoms with Crippen molar-refractivity contribution in [3.05, 3.63) is 213 Å². The molecule has 0 bridgehead atoms. The summed E-state index contributed by atoms with van der Waals surface area (Å²) in [4.78, 5) is 63.0. The molecule has 6 aromatic heterocycles. The normalized spacial score (nSPS) is 16.8. The molecule has 10 heterocycles. The Labute approximate surface area is 630 Å². The maximum absolute atomic E-state index is 14.6. The Morgan fingerprint density at radius 3 is 1.23 bits per heavy atom. The number of fused-ring (bicyclic) bond motifs is 3. The van der Waals surface area contributed by atoms with Crippen LogP contribution in [0.1, 0.15) is 157 Å². The molecule has 572 valence electrons. The molecule has 0 spiro atoms. The van der Waals surface area contributed by atoms with Crippen molar-refractivity contribution in [2.24, 2.45) is 21.1 Å². The largest absolute Gasteiger partial charge is 0.490 e. The molecule has 0 radical (unpaired) electrons. The van der Waals surface area contributed by atoms with Crippen LogP contribution < -0.4 is 32.6 Å². The molecular weight excluding hydrogens is 1530 g/mol. The molecule has 4 atom stereocenters. The fourth-order valence-corrected chi connectivity index (χ4v) is 15.2. The SMILES string of the molecule is C.CC1(C)OB(C2=CCSCC2)OC1(C)C.C[C@@H](Nc1ncnc2c1cc(Br)c(=O)n2C)c1cccc(C(F)F)c1F.C[C@@H](Nc1ncnc2c1cc(C1=CCS(=O)CC1)c(=O)n2C)c1cccc(C(F)F)c1F.C[C@@H](Nc1ncnc2c1cc(C1=CCSCC1)c(=O)n2C)c1cccc(C(F)F)c1F.OO. The molecule has 20 nitrogen and oxygen atoms in total. The van der Waals surface area contributed by atoms with Gasteiger partial charge in [-0.25, -0.2) is 69.4 Å². The number of aromatic nitrogens is 9. The van der Waals surface area contributed by atoms with E-state index in [1.54, 1.807) is 60.1 Å². The van der Waals surface area contributed by atoms with Gasteiger partial charge in [0.25, 0.3) is 36.0 Å². The highest BCUT2D eigenvalue weighted by molar-refractivity contribution is 9.10. The number of benzene rings is 3. The molecule has 1 saturated heterocycles. The quantitative estimate of drug-likeness (QED) is 0.0277. The van der Waals surface area contributed by atoms with Gasteiger partial charge in [0, 0.05) is 82.8 Å². The highest BCUT2D eigenvalue weighted by Crippen LogP contribution is 2.41. The Bertz CT molecular complexity index is 5020. The molecule has 0 amide bonds. The maximum Gasteiger partial charge on any atom is 0.490 e. The highest BCUT2D eigenvalue weighted by atomic mass is 79.9. The number of hydrogen-bond acceptors (Lipinski definition) is 19. The lowest BCUT2D eigenvalue weighted by atomic mass is 9.76. The number of alkyl halides is 6. The second-order valence-electron chi connectivity index (χ2n) is 25.9. The van der Waals surface area contributed by atoms with Crippen molar-refractivity contribution in [1.29, 1.82) is 0 Å². The van der Waals surface area contributed by atoms with Gasteiger partial charge in [0.05, 0.1) is 66.6 Å². The Morgan fingerprint density at radius 2 is 0.888 bits per heavy atom. The van der Waals surface area contributed by atoms with Gasteiger partial charge in [0.2, 0.25) is 0 Å². The molecule has 5 N–H and O–H groups in total. The van der Waals surface area contributed by atoms with Crippen LogP contribution in [0.4, 0.5) is 57.0 Å². The number of allylic oxidation sites excluding steroid dienone is 3. The summed E-state index contributed by atoms with van der Waals surface area (Å²) in [5.41, 5.74) is 2.70. The summed E-state index contributed by atoms with van der Waals surface area (Å²) in [6, 6.07) is 14.8. The van der Waals surface area contributed by atoms with E-state index in [9.17, 15) is 58.1 Å². The predicted molar refractivity (Wildman–Crippen MR) is 411 cm³/mol. The number of rotatable bonds is 15. The van der Waals surface area contributed by atoms with E-state index >= 15 is 0 Å². The lowest BCUT2D eigenvalue weighted by Crippen LogP contribution is -2.41. The molecule has 107 heavy (non-hydrogen) atoms. The van der Waals surface area contributed by atoms with Crippen LogP contribution in [0.2, 0.25) is 0 Å². The highest BCUT2D eigenvalue weighted by Gasteiger charge is 2.52. The summed E-state index contributed by atoms with van der Waals surface area (Å²) in [5.74, 6) is 3.23. The molecule has 0 saturated carbocycles. The minimum Gasteiger partial charge on any atom is -0.400 e. The van der Waals surface area contributed by atoms with E-state index in [2.05, 4.69) is 102 Å². The van der Waals surface area contributed by atoms with Gasteiger partial charge in [0.1, 0.15) is 70.8 Å². The number of nitrogens with zero attached hydrogens (tertiary/aromatic N) is 9. The first-order valence-electron chi connectivity index (χ1n) is 33.2. The summed E-state index contributed by atoms with van der Waals surface area (Å²) >= 11 is 6.97. The number of halogens is 10. The monoisotopic (exact) mass is 1610 g/mol. The first-order valence-corrected chi connectivity index (χ1v) is 37.8. The summed E-state index contributed by atoms with van der Waals surface area (Å²) in [5, 5.41) is 22.9. The molecule has 3 aromatic carbocycles. The van der Waals surface area contributed by atoms with Gasteiger partial charge in [-0.05, 0) is 130 Å². The van der Waals surface area contributed by atoms with E-state index in [4.69, 9.17) is 19.8 Å².